The highest BCUT2D eigenvalue weighted by atomic mass is 16.6. The van der Waals surface area contributed by atoms with Gasteiger partial charge in [0.1, 0.15) is 17.6 Å². The van der Waals surface area contributed by atoms with Crippen molar-refractivity contribution < 1.29 is 23.8 Å². The van der Waals surface area contributed by atoms with Crippen LogP contribution in [0.2, 0.25) is 0 Å². The minimum absolute atomic E-state index is 0.0412. The Morgan fingerprint density at radius 3 is 2.00 bits per heavy atom. The molecule has 0 aliphatic carbocycles. The van der Waals surface area contributed by atoms with Gasteiger partial charge in [-0.3, -0.25) is 5.32 Å². The summed E-state index contributed by atoms with van der Waals surface area (Å²) < 4.78 is 15.8. The molecule has 2 aromatic carbocycles. The van der Waals surface area contributed by atoms with Crippen LogP contribution in [-0.2, 0) is 4.74 Å². The molecule has 1 aliphatic rings. The van der Waals surface area contributed by atoms with Gasteiger partial charge in [0.2, 0.25) is 0 Å². The smallest absolute Gasteiger partial charge is 0.415 e. The predicted octanol–water partition coefficient (Wildman–Crippen LogP) is 3.09. The lowest BCUT2D eigenvalue weighted by molar-refractivity contribution is 0.0501. The summed E-state index contributed by atoms with van der Waals surface area (Å²) in [5, 5.41) is 14.2. The number of hydrogen-bond acceptors (Lipinski definition) is 6. The van der Waals surface area contributed by atoms with E-state index in [0.29, 0.717) is 11.5 Å². The second-order valence-corrected chi connectivity index (χ2v) is 5.75. The number of allylic oxidation sites excluding steroid dienone is 1. The predicted molar refractivity (Wildman–Crippen MR) is 98.2 cm³/mol. The van der Waals surface area contributed by atoms with Crippen LogP contribution in [0.3, 0.4) is 0 Å². The molecule has 2 N–H and O–H groups in total. The molecule has 2 amide bonds. The minimum Gasteiger partial charge on any atom is -0.458 e. The third kappa shape index (κ3) is 5.25. The first-order chi connectivity index (χ1) is 13.6. The molecule has 0 spiro atoms. The van der Waals surface area contributed by atoms with Crippen molar-refractivity contribution >= 4 is 12.2 Å². The number of ether oxygens (including phenoxy) is 3. The van der Waals surface area contributed by atoms with E-state index in [4.69, 9.17) is 19.5 Å². The van der Waals surface area contributed by atoms with E-state index in [0.717, 1.165) is 0 Å². The summed E-state index contributed by atoms with van der Waals surface area (Å²) in [7, 11) is 0. The van der Waals surface area contributed by atoms with Gasteiger partial charge in [0.25, 0.3) is 0 Å². The zero-order valence-corrected chi connectivity index (χ0v) is 14.7. The van der Waals surface area contributed by atoms with Gasteiger partial charge in [-0.05, 0) is 36.8 Å². The first-order valence-electron chi connectivity index (χ1n) is 8.48. The number of nitrogens with zero attached hydrogens (tertiary/aromatic N) is 1. The van der Waals surface area contributed by atoms with Crippen molar-refractivity contribution in [3.63, 3.8) is 0 Å². The second-order valence-electron chi connectivity index (χ2n) is 5.75. The number of amides is 2. The van der Waals surface area contributed by atoms with Gasteiger partial charge in [-0.15, -0.1) is 0 Å². The molecule has 2 aromatic rings. The molecular weight excluding hydrogens is 362 g/mol. The SMILES string of the molecule is N#CC1=CC[C@H](NC(=O)Oc2ccccc2)[C@@H](NC(=O)Oc2ccccc2)O1. The molecular formula is C20H17N3O5. The van der Waals surface area contributed by atoms with Crippen LogP contribution in [0.1, 0.15) is 6.42 Å². The van der Waals surface area contributed by atoms with E-state index >= 15 is 0 Å². The number of benzene rings is 2. The van der Waals surface area contributed by atoms with E-state index in [2.05, 4.69) is 10.6 Å². The molecule has 0 saturated carbocycles. The number of carbonyl (C=O) groups is 2. The summed E-state index contributed by atoms with van der Waals surface area (Å²) >= 11 is 0. The normalized spacial score (nSPS) is 17.9. The maximum absolute atomic E-state index is 12.1. The summed E-state index contributed by atoms with van der Waals surface area (Å²) in [5.41, 5.74) is 0. The fraction of sp³-hybridized carbons (Fsp3) is 0.150. The van der Waals surface area contributed by atoms with E-state index in [9.17, 15) is 9.59 Å². The van der Waals surface area contributed by atoms with Crippen LogP contribution in [0, 0.1) is 11.3 Å². The molecule has 8 heteroatoms. The lowest BCUT2D eigenvalue weighted by atomic mass is 10.1. The molecule has 0 saturated heterocycles. The Morgan fingerprint density at radius 2 is 1.46 bits per heavy atom. The van der Waals surface area contributed by atoms with Crippen molar-refractivity contribution in [3.05, 3.63) is 72.5 Å². The van der Waals surface area contributed by atoms with Crippen LogP contribution in [0.15, 0.2) is 72.5 Å². The minimum atomic E-state index is -1.00. The quantitative estimate of drug-likeness (QED) is 0.845. The van der Waals surface area contributed by atoms with Crippen LogP contribution >= 0.6 is 0 Å². The van der Waals surface area contributed by atoms with E-state index in [1.807, 2.05) is 6.07 Å². The first-order valence-corrected chi connectivity index (χ1v) is 8.48. The summed E-state index contributed by atoms with van der Waals surface area (Å²) in [6.45, 7) is 0. The van der Waals surface area contributed by atoms with Gasteiger partial charge in [0.15, 0.2) is 12.0 Å². The third-order valence-electron chi connectivity index (χ3n) is 3.76. The first kappa shape index (κ1) is 18.8. The van der Waals surface area contributed by atoms with E-state index in [1.54, 1.807) is 60.7 Å². The van der Waals surface area contributed by atoms with Crippen LogP contribution in [0.25, 0.3) is 0 Å². The Morgan fingerprint density at radius 1 is 0.929 bits per heavy atom. The molecule has 0 radical (unpaired) electrons. The highest BCUT2D eigenvalue weighted by molar-refractivity contribution is 5.72. The maximum Gasteiger partial charge on any atom is 0.415 e. The highest BCUT2D eigenvalue weighted by Gasteiger charge is 2.31. The van der Waals surface area contributed by atoms with Crippen molar-refractivity contribution in [2.45, 2.75) is 18.7 Å². The van der Waals surface area contributed by atoms with Crippen molar-refractivity contribution in [1.29, 1.82) is 5.26 Å². The van der Waals surface area contributed by atoms with Gasteiger partial charge in [-0.1, -0.05) is 36.4 Å². The molecule has 0 bridgehead atoms. The van der Waals surface area contributed by atoms with E-state index in [-0.39, 0.29) is 12.2 Å². The molecule has 3 rings (SSSR count). The van der Waals surface area contributed by atoms with Crippen molar-refractivity contribution in [1.82, 2.24) is 10.6 Å². The fourth-order valence-electron chi connectivity index (χ4n) is 2.48. The maximum atomic E-state index is 12.1. The Labute approximate surface area is 161 Å². The number of carbonyl (C=O) groups excluding carboxylic acids is 2. The van der Waals surface area contributed by atoms with Gasteiger partial charge < -0.3 is 19.5 Å². The Bertz CT molecular complexity index is 893. The van der Waals surface area contributed by atoms with Gasteiger partial charge in [-0.25, -0.2) is 9.59 Å². The molecule has 142 valence electrons. The Balaban J connectivity index is 1.62. The number of rotatable bonds is 4. The molecule has 0 unspecified atom stereocenters. The zero-order valence-electron chi connectivity index (χ0n) is 14.7. The molecule has 1 heterocycles. The number of nitriles is 1. The lowest BCUT2D eigenvalue weighted by Crippen LogP contribution is -2.55. The van der Waals surface area contributed by atoms with Crippen LogP contribution < -0.4 is 20.1 Å². The topological polar surface area (TPSA) is 110 Å². The van der Waals surface area contributed by atoms with Crippen LogP contribution in [0.4, 0.5) is 9.59 Å². The summed E-state index contributed by atoms with van der Waals surface area (Å²) in [6, 6.07) is 18.2. The van der Waals surface area contributed by atoms with Crippen molar-refractivity contribution in [2.24, 2.45) is 0 Å². The number of hydrogen-bond donors (Lipinski definition) is 2. The average Bonchev–Trinajstić information content (AvgIpc) is 2.70. The van der Waals surface area contributed by atoms with Crippen molar-refractivity contribution in [3.8, 4) is 17.6 Å². The number of para-hydroxylation sites is 2. The largest absolute Gasteiger partial charge is 0.458 e. The second kappa shape index (κ2) is 9.09. The summed E-state index contributed by atoms with van der Waals surface area (Å²) in [5.74, 6) is 0.761. The van der Waals surface area contributed by atoms with Gasteiger partial charge in [-0.2, -0.15) is 5.26 Å². The highest BCUT2D eigenvalue weighted by Crippen LogP contribution is 2.17. The fourth-order valence-corrected chi connectivity index (χ4v) is 2.48. The zero-order chi connectivity index (χ0) is 19.8. The lowest BCUT2D eigenvalue weighted by Gasteiger charge is -2.30. The summed E-state index contributed by atoms with van der Waals surface area (Å²) in [6.07, 6.45) is -0.702. The van der Waals surface area contributed by atoms with Crippen LogP contribution in [-0.4, -0.2) is 24.5 Å². The molecule has 0 fully saturated rings. The third-order valence-corrected chi connectivity index (χ3v) is 3.76. The average molecular weight is 379 g/mol. The Hall–Kier alpha value is -3.99. The van der Waals surface area contributed by atoms with E-state index < -0.39 is 24.5 Å². The van der Waals surface area contributed by atoms with Gasteiger partial charge >= 0.3 is 12.2 Å². The van der Waals surface area contributed by atoms with Crippen LogP contribution in [0.5, 0.6) is 11.5 Å². The Kier molecular flexibility index (Phi) is 6.10. The van der Waals surface area contributed by atoms with Gasteiger partial charge in [0, 0.05) is 0 Å². The molecule has 0 aromatic heterocycles. The summed E-state index contributed by atoms with van der Waals surface area (Å²) in [4.78, 5) is 24.3. The van der Waals surface area contributed by atoms with Gasteiger partial charge in [0.05, 0.1) is 6.04 Å². The standard InChI is InChI=1S/C20H17N3O5/c21-13-16-11-12-17(22-19(24)27-14-7-3-1-4-8-14)18(26-16)23-20(25)28-15-9-5-2-6-10-15/h1-11,17-18H,12H2,(H,22,24)(H,23,25)/t17-,18-/m0/s1. The van der Waals surface area contributed by atoms with E-state index in [1.165, 1.54) is 6.08 Å². The number of nitrogens with one attached hydrogen (secondary N) is 2. The molecule has 1 aliphatic heterocycles. The molecule has 28 heavy (non-hydrogen) atoms. The molecule has 8 nitrogen and oxygen atoms in total. The van der Waals surface area contributed by atoms with Crippen molar-refractivity contribution in [2.75, 3.05) is 0 Å². The molecule has 2 atom stereocenters. The monoisotopic (exact) mass is 379 g/mol.